The van der Waals surface area contributed by atoms with E-state index in [1.165, 1.54) is 13.2 Å². The molecular weight excluding hydrogens is 233 g/mol. The molecule has 18 heavy (non-hydrogen) atoms. The molecule has 4 heteroatoms. The molecule has 0 aliphatic rings. The molecule has 0 spiro atoms. The first kappa shape index (κ1) is 14.9. The second kappa shape index (κ2) is 8.06. The largest absolute Gasteiger partial charge is 0.494 e. The molecule has 0 saturated heterocycles. The van der Waals surface area contributed by atoms with Crippen LogP contribution in [0.2, 0.25) is 0 Å². The monoisotopic (exact) mass is 255 g/mol. The first-order valence-corrected chi connectivity index (χ1v) is 6.28. The van der Waals surface area contributed by atoms with Gasteiger partial charge < -0.3 is 14.8 Å². The Bertz CT molecular complexity index is 358. The summed E-state index contributed by atoms with van der Waals surface area (Å²) in [6.07, 6.45) is 1.70. The van der Waals surface area contributed by atoms with Gasteiger partial charge in [-0.1, -0.05) is 6.07 Å². The summed E-state index contributed by atoms with van der Waals surface area (Å²) in [5, 5.41) is 3.22. The molecule has 3 nitrogen and oxygen atoms in total. The van der Waals surface area contributed by atoms with Gasteiger partial charge in [0, 0.05) is 19.3 Å². The molecule has 0 bridgehead atoms. The quantitative estimate of drug-likeness (QED) is 0.724. The maximum absolute atomic E-state index is 13.5. The minimum atomic E-state index is -0.310. The predicted octanol–water partition coefficient (Wildman–Crippen LogP) is 2.39. The number of methoxy groups -OCH3 is 1. The number of hydrogen-bond acceptors (Lipinski definition) is 3. The van der Waals surface area contributed by atoms with E-state index >= 15 is 0 Å². The highest BCUT2D eigenvalue weighted by atomic mass is 19.1. The van der Waals surface area contributed by atoms with E-state index in [-0.39, 0.29) is 11.6 Å². The van der Waals surface area contributed by atoms with Crippen LogP contribution in [0.1, 0.15) is 18.9 Å². The van der Waals surface area contributed by atoms with Crippen LogP contribution >= 0.6 is 0 Å². The lowest BCUT2D eigenvalue weighted by Crippen LogP contribution is -2.29. The number of likely N-dealkylation sites (N-methyl/N-ethyl adjacent to an activating group) is 1. The van der Waals surface area contributed by atoms with E-state index in [1.54, 1.807) is 6.07 Å². The van der Waals surface area contributed by atoms with E-state index in [0.717, 1.165) is 31.6 Å². The Morgan fingerprint density at radius 3 is 2.72 bits per heavy atom. The molecule has 1 rings (SSSR count). The van der Waals surface area contributed by atoms with Gasteiger partial charge in [-0.2, -0.15) is 0 Å². The van der Waals surface area contributed by atoms with Gasteiger partial charge in [0.15, 0.2) is 11.6 Å². The van der Waals surface area contributed by atoms with Crippen LogP contribution in [0.15, 0.2) is 18.2 Å². The third-order valence-corrected chi connectivity index (χ3v) is 2.92. The maximum Gasteiger partial charge on any atom is 0.165 e. The summed E-state index contributed by atoms with van der Waals surface area (Å²) in [7, 11) is 3.38. The van der Waals surface area contributed by atoms with E-state index < -0.39 is 0 Å². The van der Waals surface area contributed by atoms with Crippen molar-refractivity contribution in [1.82, 2.24) is 5.32 Å². The number of ether oxygens (including phenoxy) is 2. The predicted molar refractivity (Wildman–Crippen MR) is 70.6 cm³/mol. The molecular formula is C14H22FNO2. The topological polar surface area (TPSA) is 30.5 Å². The van der Waals surface area contributed by atoms with E-state index in [2.05, 4.69) is 5.32 Å². The zero-order valence-corrected chi connectivity index (χ0v) is 11.3. The normalized spacial score (nSPS) is 12.4. The fourth-order valence-corrected chi connectivity index (χ4v) is 1.84. The molecule has 0 aliphatic heterocycles. The van der Waals surface area contributed by atoms with Crippen molar-refractivity contribution in [2.45, 2.75) is 25.8 Å². The summed E-state index contributed by atoms with van der Waals surface area (Å²) < 4.78 is 23.8. The molecule has 0 aliphatic carbocycles. The summed E-state index contributed by atoms with van der Waals surface area (Å²) in [5.41, 5.74) is 0.962. The van der Waals surface area contributed by atoms with E-state index in [9.17, 15) is 4.39 Å². The first-order valence-electron chi connectivity index (χ1n) is 6.28. The van der Waals surface area contributed by atoms with Gasteiger partial charge in [0.05, 0.1) is 7.11 Å². The van der Waals surface area contributed by atoms with Crippen molar-refractivity contribution >= 4 is 0 Å². The van der Waals surface area contributed by atoms with Gasteiger partial charge in [-0.15, -0.1) is 0 Å². The van der Waals surface area contributed by atoms with Gasteiger partial charge in [-0.3, -0.25) is 0 Å². The molecule has 1 aromatic rings. The molecule has 0 fully saturated rings. The zero-order valence-electron chi connectivity index (χ0n) is 11.3. The SMILES string of the molecule is CCOCCC(Cc1ccc(OC)c(F)c1)NC. The standard InChI is InChI=1S/C14H22FNO2/c1-4-18-8-7-12(16-2)9-11-5-6-14(17-3)13(15)10-11/h5-6,10,12,16H,4,7-9H2,1-3H3. The Balaban J connectivity index is 2.55. The average molecular weight is 255 g/mol. The lowest BCUT2D eigenvalue weighted by molar-refractivity contribution is 0.137. The van der Waals surface area contributed by atoms with E-state index in [4.69, 9.17) is 9.47 Å². The van der Waals surface area contributed by atoms with Crippen molar-refractivity contribution in [3.8, 4) is 5.75 Å². The van der Waals surface area contributed by atoms with Crippen LogP contribution in [-0.4, -0.2) is 33.4 Å². The third kappa shape index (κ3) is 4.63. The highest BCUT2D eigenvalue weighted by Crippen LogP contribution is 2.18. The summed E-state index contributed by atoms with van der Waals surface area (Å²) in [6, 6.07) is 5.39. The lowest BCUT2D eigenvalue weighted by Gasteiger charge is -2.16. The number of benzene rings is 1. The highest BCUT2D eigenvalue weighted by Gasteiger charge is 2.09. The smallest absolute Gasteiger partial charge is 0.165 e. The van der Waals surface area contributed by atoms with Crippen LogP contribution in [0.4, 0.5) is 4.39 Å². The number of rotatable bonds is 8. The molecule has 1 N–H and O–H groups in total. The number of halogens is 1. The summed E-state index contributed by atoms with van der Waals surface area (Å²) in [5.74, 6) is -0.0243. The van der Waals surface area contributed by atoms with Crippen LogP contribution in [0.3, 0.4) is 0 Å². The fourth-order valence-electron chi connectivity index (χ4n) is 1.84. The number of hydrogen-bond donors (Lipinski definition) is 1. The summed E-state index contributed by atoms with van der Waals surface area (Å²) >= 11 is 0. The highest BCUT2D eigenvalue weighted by molar-refractivity contribution is 5.29. The first-order chi connectivity index (χ1) is 8.71. The minimum absolute atomic E-state index is 0.286. The number of nitrogens with one attached hydrogen (secondary N) is 1. The van der Waals surface area contributed by atoms with Crippen molar-refractivity contribution in [2.75, 3.05) is 27.4 Å². The van der Waals surface area contributed by atoms with Crippen molar-refractivity contribution in [1.29, 1.82) is 0 Å². The second-order valence-electron chi connectivity index (χ2n) is 4.14. The molecule has 1 atom stereocenters. The Hall–Kier alpha value is -1.13. The van der Waals surface area contributed by atoms with Gasteiger partial charge in [0.25, 0.3) is 0 Å². The fraction of sp³-hybridized carbons (Fsp3) is 0.571. The molecule has 0 amide bonds. The Kier molecular flexibility index (Phi) is 6.68. The molecule has 0 heterocycles. The maximum atomic E-state index is 13.5. The van der Waals surface area contributed by atoms with Crippen LogP contribution in [0, 0.1) is 5.82 Å². The Morgan fingerprint density at radius 2 is 2.17 bits per heavy atom. The summed E-state index contributed by atoms with van der Waals surface area (Å²) in [4.78, 5) is 0. The second-order valence-corrected chi connectivity index (χ2v) is 4.14. The molecule has 1 unspecified atom stereocenters. The molecule has 1 aromatic carbocycles. The van der Waals surface area contributed by atoms with Crippen molar-refractivity contribution in [3.63, 3.8) is 0 Å². The van der Waals surface area contributed by atoms with Gasteiger partial charge >= 0.3 is 0 Å². The van der Waals surface area contributed by atoms with Crippen LogP contribution in [0.5, 0.6) is 5.75 Å². The van der Waals surface area contributed by atoms with Crippen LogP contribution in [0.25, 0.3) is 0 Å². The molecule has 0 radical (unpaired) electrons. The van der Waals surface area contributed by atoms with Crippen molar-refractivity contribution in [2.24, 2.45) is 0 Å². The van der Waals surface area contributed by atoms with Gasteiger partial charge in [0.1, 0.15) is 0 Å². The zero-order chi connectivity index (χ0) is 13.4. The lowest BCUT2D eigenvalue weighted by atomic mass is 10.0. The van der Waals surface area contributed by atoms with E-state index in [0.29, 0.717) is 6.04 Å². The van der Waals surface area contributed by atoms with Crippen molar-refractivity contribution < 1.29 is 13.9 Å². The Morgan fingerprint density at radius 1 is 1.39 bits per heavy atom. The van der Waals surface area contributed by atoms with Gasteiger partial charge in [-0.25, -0.2) is 4.39 Å². The minimum Gasteiger partial charge on any atom is -0.494 e. The molecule has 0 saturated carbocycles. The Labute approximate surface area is 108 Å². The van der Waals surface area contributed by atoms with Gasteiger partial charge in [-0.05, 0) is 44.5 Å². The molecule has 0 aromatic heterocycles. The van der Waals surface area contributed by atoms with E-state index in [1.807, 2.05) is 20.0 Å². The van der Waals surface area contributed by atoms with Crippen LogP contribution in [-0.2, 0) is 11.2 Å². The van der Waals surface area contributed by atoms with Gasteiger partial charge in [0.2, 0.25) is 0 Å². The molecule has 102 valence electrons. The third-order valence-electron chi connectivity index (χ3n) is 2.92. The average Bonchev–Trinajstić information content (AvgIpc) is 2.38. The summed E-state index contributed by atoms with van der Waals surface area (Å²) in [6.45, 7) is 3.43. The van der Waals surface area contributed by atoms with Crippen molar-refractivity contribution in [3.05, 3.63) is 29.6 Å². The van der Waals surface area contributed by atoms with Crippen LogP contribution < -0.4 is 10.1 Å².